The number of carbonyl (C=O) groups excluding carboxylic acids is 1. The molecule has 5 aromatic rings. The van der Waals surface area contributed by atoms with Gasteiger partial charge in [0, 0.05) is 61.8 Å². The Morgan fingerprint density at radius 2 is 1.55 bits per heavy atom. The van der Waals surface area contributed by atoms with Gasteiger partial charge in [0.15, 0.2) is 0 Å². The number of nitrogens with zero attached hydrogens (tertiary/aromatic N) is 3. The fourth-order valence-corrected chi connectivity index (χ4v) is 12.1. The van der Waals surface area contributed by atoms with E-state index in [-0.39, 0.29) is 81.2 Å². The third-order valence-electron chi connectivity index (χ3n) is 16.0. The number of unbranched alkanes of at least 4 members (excludes halogenated alkanes) is 10. The summed E-state index contributed by atoms with van der Waals surface area (Å²) in [5, 5.41) is 38.9. The number of carbonyl (C=O) groups is 1. The van der Waals surface area contributed by atoms with E-state index in [4.69, 9.17) is 24.2 Å². The summed E-state index contributed by atoms with van der Waals surface area (Å²) in [6, 6.07) is 32.3. The number of hydrogen-bond acceptors (Lipinski definition) is 10. The molecule has 410 valence electrons. The van der Waals surface area contributed by atoms with Crippen LogP contribution < -0.4 is 9.47 Å². The van der Waals surface area contributed by atoms with Crippen molar-refractivity contribution >= 4 is 28.1 Å². The predicted octanol–water partition coefficient (Wildman–Crippen LogP) is 14.2. The first-order chi connectivity index (χ1) is 37.7. The third kappa shape index (κ3) is 14.0. The van der Waals surface area contributed by atoms with Gasteiger partial charge in [-0.2, -0.15) is 0 Å². The van der Waals surface area contributed by atoms with Crippen molar-refractivity contribution in [2.45, 2.75) is 154 Å². The molecule has 8 rings (SSSR count). The van der Waals surface area contributed by atoms with Gasteiger partial charge >= 0.3 is 0 Å². The second kappa shape index (κ2) is 28.3. The maximum absolute atomic E-state index is 15.6. The van der Waals surface area contributed by atoms with Crippen LogP contribution in [-0.2, 0) is 34.1 Å². The molecule has 1 heterocycles. The summed E-state index contributed by atoms with van der Waals surface area (Å²) < 4.78 is 36.3. The number of benzene rings is 5. The zero-order valence-electron chi connectivity index (χ0n) is 44.9. The SMILES string of the molecule is C=CCO[C@@]12Oc3ccc(OCc4ccccc4F)cc3[C@H]3[C@H](CCCCO)[C@@H](CCCCO)C=C(C(=NOCc4ccc([N+](=O)[O-])cc4)C[C@@H]1N(Cc1cccc4ccccc14)C(=O)CCCCCCCCCCC)[C@H]32. The highest BCUT2D eigenvalue weighted by molar-refractivity contribution is 6.03. The van der Waals surface area contributed by atoms with Gasteiger partial charge in [-0.3, -0.25) is 14.9 Å². The molecular weight excluding hydrogens is 974 g/mol. The zero-order chi connectivity index (χ0) is 54.0. The summed E-state index contributed by atoms with van der Waals surface area (Å²) in [5.41, 5.74) is 4.49. The molecule has 5 aromatic carbocycles. The van der Waals surface area contributed by atoms with Gasteiger partial charge in [0.25, 0.3) is 5.69 Å². The number of hydrogen-bond donors (Lipinski definition) is 2. The van der Waals surface area contributed by atoms with Crippen molar-refractivity contribution in [3.63, 3.8) is 0 Å². The molecule has 6 atom stereocenters. The van der Waals surface area contributed by atoms with Crippen molar-refractivity contribution in [3.05, 3.63) is 172 Å². The maximum atomic E-state index is 15.6. The number of aliphatic hydroxyl groups is 2. The molecule has 1 aliphatic heterocycles. The second-order valence-corrected chi connectivity index (χ2v) is 21.1. The first kappa shape index (κ1) is 56.8. The highest BCUT2D eigenvalue weighted by Gasteiger charge is 2.65. The standard InChI is InChI=1S/C64H78FN3O9/c1-3-5-6-7-8-9-10-11-12-30-61(71)67(43-49-26-21-25-47-22-13-15-27-53(47)49)60-42-58(66-76-44-46-31-33-51(34-32-46)68(72)73)55-40-48(23-17-19-37-69)54(28-18-20-38-70)62-56-41-52(74-45-50-24-14-16-29-57(50)65)35-36-59(56)77-64(60,63(55)62)75-39-4-2/h4,13-16,21-22,24-27,29,31-36,40-41,48,54,60,62-63,69-70H,2-3,5-12,17-20,23,28,30,37-39,42-45H2,1H3/t48-,54+,60-,62+,63+,64+/m0/s1. The van der Waals surface area contributed by atoms with Crippen molar-refractivity contribution in [3.8, 4) is 11.5 Å². The van der Waals surface area contributed by atoms with E-state index >= 15 is 9.18 Å². The van der Waals surface area contributed by atoms with E-state index in [9.17, 15) is 20.3 Å². The van der Waals surface area contributed by atoms with Crippen LogP contribution in [0.3, 0.4) is 0 Å². The van der Waals surface area contributed by atoms with Crippen LogP contribution in [0.1, 0.15) is 144 Å². The van der Waals surface area contributed by atoms with Gasteiger partial charge in [-0.15, -0.1) is 6.58 Å². The maximum Gasteiger partial charge on any atom is 0.269 e. The lowest BCUT2D eigenvalue weighted by Crippen LogP contribution is -2.70. The van der Waals surface area contributed by atoms with E-state index in [0.717, 1.165) is 78.8 Å². The molecule has 0 aromatic heterocycles. The molecular formula is C64H78FN3O9. The monoisotopic (exact) mass is 1050 g/mol. The minimum atomic E-state index is -1.49. The average molecular weight is 1050 g/mol. The number of amides is 1. The van der Waals surface area contributed by atoms with Crippen LogP contribution in [0.25, 0.3) is 10.8 Å². The Kier molecular flexibility index (Phi) is 20.9. The number of nitro groups is 1. The van der Waals surface area contributed by atoms with Gasteiger partial charge in [0.05, 0.1) is 23.2 Å². The summed E-state index contributed by atoms with van der Waals surface area (Å²) in [6.07, 6.45) is 18.8. The summed E-state index contributed by atoms with van der Waals surface area (Å²) in [5.74, 6) is -1.67. The second-order valence-electron chi connectivity index (χ2n) is 21.1. The van der Waals surface area contributed by atoms with Crippen molar-refractivity contribution in [1.82, 2.24) is 4.90 Å². The topological polar surface area (TPSA) is 153 Å². The lowest BCUT2D eigenvalue weighted by Gasteiger charge is -2.60. The van der Waals surface area contributed by atoms with E-state index in [1.165, 1.54) is 50.3 Å². The number of nitro benzene ring substituents is 1. The number of ether oxygens (including phenoxy) is 3. The summed E-state index contributed by atoms with van der Waals surface area (Å²) in [4.78, 5) is 35.0. The Hall–Kier alpha value is -6.41. The summed E-state index contributed by atoms with van der Waals surface area (Å²) >= 11 is 0. The van der Waals surface area contributed by atoms with E-state index in [2.05, 4.69) is 43.8 Å². The molecule has 1 fully saturated rings. The van der Waals surface area contributed by atoms with Crippen molar-refractivity contribution in [2.75, 3.05) is 19.8 Å². The van der Waals surface area contributed by atoms with E-state index in [0.29, 0.717) is 47.6 Å². The number of allylic oxidation sites excluding steroid dienone is 1. The first-order valence-electron chi connectivity index (χ1n) is 28.3. The fourth-order valence-electron chi connectivity index (χ4n) is 12.1. The highest BCUT2D eigenvalue weighted by Crippen LogP contribution is 2.62. The number of non-ortho nitro benzene ring substituents is 1. The van der Waals surface area contributed by atoms with Crippen molar-refractivity contribution < 1.29 is 43.4 Å². The van der Waals surface area contributed by atoms with Crippen LogP contribution in [0.15, 0.2) is 139 Å². The van der Waals surface area contributed by atoms with Crippen LogP contribution in [0.2, 0.25) is 0 Å². The molecule has 1 amide bonds. The lowest BCUT2D eigenvalue weighted by atomic mass is 9.55. The molecule has 77 heavy (non-hydrogen) atoms. The number of rotatable bonds is 31. The van der Waals surface area contributed by atoms with Crippen LogP contribution in [0.5, 0.6) is 11.5 Å². The van der Waals surface area contributed by atoms with Gasteiger partial charge in [0.2, 0.25) is 11.7 Å². The van der Waals surface area contributed by atoms with Crippen molar-refractivity contribution in [2.24, 2.45) is 22.9 Å². The molecule has 3 aliphatic rings. The molecule has 0 saturated heterocycles. The quantitative estimate of drug-likeness (QED) is 0.0191. The molecule has 12 nitrogen and oxygen atoms in total. The number of oxime groups is 1. The normalized spacial score (nSPS) is 20.9. The molecule has 2 N–H and O–H groups in total. The molecule has 2 aliphatic carbocycles. The molecule has 0 bridgehead atoms. The minimum absolute atomic E-state index is 0.0108. The van der Waals surface area contributed by atoms with Crippen molar-refractivity contribution in [1.29, 1.82) is 0 Å². The van der Waals surface area contributed by atoms with Gasteiger partial charge < -0.3 is 34.2 Å². The molecule has 0 unspecified atom stereocenters. The van der Waals surface area contributed by atoms with Crippen LogP contribution in [0.4, 0.5) is 10.1 Å². The Bertz CT molecular complexity index is 2790. The Labute approximate surface area is 454 Å². The number of fused-ring (bicyclic) bond motifs is 3. The third-order valence-corrected chi connectivity index (χ3v) is 16.0. The smallest absolute Gasteiger partial charge is 0.269 e. The van der Waals surface area contributed by atoms with Gasteiger partial charge in [0.1, 0.15) is 36.6 Å². The minimum Gasteiger partial charge on any atom is -0.489 e. The zero-order valence-corrected chi connectivity index (χ0v) is 44.9. The number of aliphatic hydroxyl groups excluding tert-OH is 2. The Morgan fingerprint density at radius 1 is 0.844 bits per heavy atom. The largest absolute Gasteiger partial charge is 0.489 e. The molecule has 0 radical (unpaired) electrons. The molecule has 1 saturated carbocycles. The van der Waals surface area contributed by atoms with Gasteiger partial charge in [-0.25, -0.2) is 4.39 Å². The van der Waals surface area contributed by atoms with Crippen LogP contribution >= 0.6 is 0 Å². The summed E-state index contributed by atoms with van der Waals surface area (Å²) in [7, 11) is 0. The number of halogens is 1. The van der Waals surface area contributed by atoms with Gasteiger partial charge in [-0.1, -0.05) is 149 Å². The lowest BCUT2D eigenvalue weighted by molar-refractivity contribution is -0.384. The molecule has 13 heteroatoms. The van der Waals surface area contributed by atoms with Gasteiger partial charge in [-0.05, 0) is 108 Å². The predicted molar refractivity (Wildman–Crippen MR) is 300 cm³/mol. The Balaban J connectivity index is 1.28. The van der Waals surface area contributed by atoms with Crippen LogP contribution in [0, 0.1) is 33.7 Å². The van der Waals surface area contributed by atoms with E-state index < -0.39 is 22.7 Å². The van der Waals surface area contributed by atoms with E-state index in [1.54, 1.807) is 36.4 Å². The first-order valence-corrected chi connectivity index (χ1v) is 28.3. The van der Waals surface area contributed by atoms with Crippen LogP contribution in [-0.4, -0.2) is 63.3 Å². The highest BCUT2D eigenvalue weighted by atomic mass is 19.1. The average Bonchev–Trinajstić information content (AvgIpc) is 3.64. The Morgan fingerprint density at radius 3 is 2.29 bits per heavy atom. The summed E-state index contributed by atoms with van der Waals surface area (Å²) in [6.45, 7) is 6.89. The fraction of sp³-hybridized carbons (Fsp3) is 0.469. The van der Waals surface area contributed by atoms with E-state index in [1.807, 2.05) is 41.3 Å². The molecule has 0 spiro atoms.